The highest BCUT2D eigenvalue weighted by Crippen LogP contribution is 2.32. The molecule has 150 valence electrons. The third-order valence-electron chi connectivity index (χ3n) is 4.46. The van der Waals surface area contributed by atoms with E-state index in [4.69, 9.17) is 9.47 Å². The van der Waals surface area contributed by atoms with E-state index < -0.39 is 10.0 Å². The first-order valence-electron chi connectivity index (χ1n) is 8.51. The fourth-order valence-corrected chi connectivity index (χ4v) is 6.13. The quantitative estimate of drug-likeness (QED) is 0.365. The van der Waals surface area contributed by atoms with Crippen molar-refractivity contribution in [2.75, 3.05) is 40.0 Å². The van der Waals surface area contributed by atoms with E-state index in [9.17, 15) is 13.7 Å². The van der Waals surface area contributed by atoms with Gasteiger partial charge < -0.3 is 14.4 Å². The maximum absolute atomic E-state index is 13.4. The fraction of sp³-hybridized carbons (Fsp3) is 0.588. The Morgan fingerprint density at radius 1 is 1.33 bits per heavy atom. The molecule has 0 N–H and O–H groups in total. The molecule has 2 unspecified atom stereocenters. The normalized spacial score (nSPS) is 20.2. The van der Waals surface area contributed by atoms with E-state index in [2.05, 4.69) is 38.1 Å². The van der Waals surface area contributed by atoms with Gasteiger partial charge in [0.2, 0.25) is 10.0 Å². The molecule has 1 aromatic carbocycles. The predicted molar refractivity (Wildman–Crippen MR) is 109 cm³/mol. The highest BCUT2D eigenvalue weighted by Gasteiger charge is 2.39. The molecule has 0 saturated carbocycles. The molecule has 0 aromatic heterocycles. The first-order chi connectivity index (χ1) is 12.8. The van der Waals surface area contributed by atoms with Gasteiger partial charge in [-0.2, -0.15) is 9.57 Å². The number of benzene rings is 1. The van der Waals surface area contributed by atoms with Crippen LogP contribution in [0, 0.1) is 11.5 Å². The minimum atomic E-state index is -3.78. The Morgan fingerprint density at radius 2 is 2.07 bits per heavy atom. The maximum atomic E-state index is 13.4. The second kappa shape index (κ2) is 10.2. The SMILES string of the molecule is COCCOCCN(C1CC(C)N(C#N)C1)S(=O)(=O)c1cc(Br)ccc1Br. The van der Waals surface area contributed by atoms with Crippen LogP contribution in [0.3, 0.4) is 0 Å². The summed E-state index contributed by atoms with van der Waals surface area (Å²) < 4.78 is 39.9. The number of rotatable bonds is 9. The largest absolute Gasteiger partial charge is 0.382 e. The minimum Gasteiger partial charge on any atom is -0.382 e. The average Bonchev–Trinajstić information content (AvgIpc) is 3.00. The Labute approximate surface area is 177 Å². The van der Waals surface area contributed by atoms with Gasteiger partial charge in [-0.15, -0.1) is 0 Å². The van der Waals surface area contributed by atoms with Crippen molar-refractivity contribution >= 4 is 41.9 Å². The average molecular weight is 525 g/mol. The highest BCUT2D eigenvalue weighted by molar-refractivity contribution is 9.11. The van der Waals surface area contributed by atoms with Crippen LogP contribution < -0.4 is 0 Å². The van der Waals surface area contributed by atoms with E-state index in [0.717, 1.165) is 0 Å². The van der Waals surface area contributed by atoms with E-state index in [1.54, 1.807) is 30.2 Å². The summed E-state index contributed by atoms with van der Waals surface area (Å²) >= 11 is 6.68. The summed E-state index contributed by atoms with van der Waals surface area (Å²) in [5, 5.41) is 9.27. The van der Waals surface area contributed by atoms with Crippen LogP contribution in [0.4, 0.5) is 0 Å². The van der Waals surface area contributed by atoms with Crippen LogP contribution in [0.1, 0.15) is 13.3 Å². The number of halogens is 2. The molecule has 1 heterocycles. The smallest absolute Gasteiger partial charge is 0.244 e. The zero-order valence-corrected chi connectivity index (χ0v) is 19.3. The van der Waals surface area contributed by atoms with Crippen LogP contribution >= 0.6 is 31.9 Å². The van der Waals surface area contributed by atoms with Gasteiger partial charge >= 0.3 is 0 Å². The third kappa shape index (κ3) is 5.65. The lowest BCUT2D eigenvalue weighted by atomic mass is 10.2. The molecule has 0 spiro atoms. The topological polar surface area (TPSA) is 82.9 Å². The molecular weight excluding hydrogens is 502 g/mol. The molecule has 0 amide bonds. The van der Waals surface area contributed by atoms with Gasteiger partial charge in [0, 0.05) is 41.2 Å². The molecule has 1 aliphatic rings. The van der Waals surface area contributed by atoms with Crippen LogP contribution in [0.25, 0.3) is 0 Å². The summed E-state index contributed by atoms with van der Waals surface area (Å²) in [6.45, 7) is 3.62. The van der Waals surface area contributed by atoms with Crippen molar-refractivity contribution in [3.8, 4) is 6.19 Å². The summed E-state index contributed by atoms with van der Waals surface area (Å²) in [5.74, 6) is 0. The molecular formula is C17H23Br2N3O4S. The first kappa shape index (κ1) is 22.6. The number of ether oxygens (including phenoxy) is 2. The van der Waals surface area contributed by atoms with E-state index >= 15 is 0 Å². The summed E-state index contributed by atoms with van der Waals surface area (Å²) in [6, 6.07) is 4.76. The Hall–Kier alpha value is -0.700. The second-order valence-corrected chi connectivity index (χ2v) is 9.92. The van der Waals surface area contributed by atoms with Gasteiger partial charge in [0.05, 0.1) is 24.7 Å². The number of methoxy groups -OCH3 is 1. The number of nitriles is 1. The predicted octanol–water partition coefficient (Wildman–Crippen LogP) is 2.81. The van der Waals surface area contributed by atoms with Gasteiger partial charge in [-0.05, 0) is 47.5 Å². The Morgan fingerprint density at radius 3 is 2.70 bits per heavy atom. The van der Waals surface area contributed by atoms with Crippen LogP contribution in [0.5, 0.6) is 0 Å². The molecule has 1 aromatic rings. The molecule has 10 heteroatoms. The zero-order chi connectivity index (χ0) is 20.0. The molecule has 27 heavy (non-hydrogen) atoms. The van der Waals surface area contributed by atoms with Crippen molar-refractivity contribution in [3.63, 3.8) is 0 Å². The Balaban J connectivity index is 2.28. The molecule has 0 aliphatic carbocycles. The standard InChI is InChI=1S/C17H23Br2N3O4S/c1-13-9-15(11-21(13)12-20)22(5-6-26-8-7-25-2)27(23,24)17-10-14(18)3-4-16(17)19/h3-4,10,13,15H,5-9,11H2,1-2H3. The molecule has 7 nitrogen and oxygen atoms in total. The molecule has 1 saturated heterocycles. The maximum Gasteiger partial charge on any atom is 0.244 e. The van der Waals surface area contributed by atoms with Crippen molar-refractivity contribution in [3.05, 3.63) is 27.1 Å². The van der Waals surface area contributed by atoms with Crippen LogP contribution in [0.15, 0.2) is 32.0 Å². The number of likely N-dealkylation sites (tertiary alicyclic amines) is 1. The van der Waals surface area contributed by atoms with Gasteiger partial charge in [-0.3, -0.25) is 0 Å². The minimum absolute atomic E-state index is 0.00180. The van der Waals surface area contributed by atoms with Crippen molar-refractivity contribution in [1.29, 1.82) is 5.26 Å². The molecule has 0 bridgehead atoms. The number of sulfonamides is 1. The number of nitrogens with zero attached hydrogens (tertiary/aromatic N) is 3. The lowest BCUT2D eigenvalue weighted by Gasteiger charge is -2.28. The highest BCUT2D eigenvalue weighted by atomic mass is 79.9. The van der Waals surface area contributed by atoms with Crippen molar-refractivity contribution in [2.45, 2.75) is 30.3 Å². The fourth-order valence-electron chi connectivity index (χ4n) is 3.05. The van der Waals surface area contributed by atoms with Crippen LogP contribution in [-0.2, 0) is 19.5 Å². The molecule has 1 fully saturated rings. The number of hydrogen-bond acceptors (Lipinski definition) is 6. The molecule has 1 aliphatic heterocycles. The summed E-state index contributed by atoms with van der Waals surface area (Å²) in [7, 11) is -2.19. The third-order valence-corrected chi connectivity index (χ3v) is 7.90. The van der Waals surface area contributed by atoms with Gasteiger partial charge in [-0.25, -0.2) is 8.42 Å². The number of hydrogen-bond donors (Lipinski definition) is 0. The Kier molecular flexibility index (Phi) is 8.52. The molecule has 2 atom stereocenters. The van der Waals surface area contributed by atoms with Gasteiger partial charge in [0.25, 0.3) is 0 Å². The lowest BCUT2D eigenvalue weighted by Crippen LogP contribution is -2.43. The lowest BCUT2D eigenvalue weighted by molar-refractivity contribution is 0.0630. The van der Waals surface area contributed by atoms with Crippen molar-refractivity contribution in [2.24, 2.45) is 0 Å². The van der Waals surface area contributed by atoms with Crippen molar-refractivity contribution < 1.29 is 17.9 Å². The Bertz CT molecular complexity index is 785. The van der Waals surface area contributed by atoms with Crippen LogP contribution in [0.2, 0.25) is 0 Å². The summed E-state index contributed by atoms with van der Waals surface area (Å²) in [4.78, 5) is 1.81. The van der Waals surface area contributed by atoms with Gasteiger partial charge in [0.1, 0.15) is 0 Å². The van der Waals surface area contributed by atoms with Gasteiger partial charge in [-0.1, -0.05) is 15.9 Å². The summed E-state index contributed by atoms with van der Waals surface area (Å²) in [5.41, 5.74) is 0. The van der Waals surface area contributed by atoms with E-state index in [1.165, 1.54) is 4.31 Å². The monoisotopic (exact) mass is 523 g/mol. The van der Waals surface area contributed by atoms with Gasteiger partial charge in [0.15, 0.2) is 6.19 Å². The molecule has 2 rings (SSSR count). The molecule has 0 radical (unpaired) electrons. The summed E-state index contributed by atoms with van der Waals surface area (Å²) in [6.07, 6.45) is 2.74. The van der Waals surface area contributed by atoms with E-state index in [0.29, 0.717) is 35.1 Å². The first-order valence-corrected chi connectivity index (χ1v) is 11.5. The zero-order valence-electron chi connectivity index (χ0n) is 15.3. The van der Waals surface area contributed by atoms with E-state index in [1.807, 2.05) is 6.92 Å². The van der Waals surface area contributed by atoms with Crippen molar-refractivity contribution in [1.82, 2.24) is 9.21 Å². The van der Waals surface area contributed by atoms with E-state index in [-0.39, 0.29) is 30.1 Å². The van der Waals surface area contributed by atoms with Crippen LogP contribution in [-0.4, -0.2) is 69.7 Å². The second-order valence-electron chi connectivity index (χ2n) is 6.29.